The van der Waals surface area contributed by atoms with Gasteiger partial charge in [-0.15, -0.1) is 0 Å². The van der Waals surface area contributed by atoms with Crippen LogP contribution in [-0.4, -0.2) is 37.5 Å². The van der Waals surface area contributed by atoms with Crippen molar-refractivity contribution >= 4 is 17.5 Å². The topological polar surface area (TPSA) is 61.4 Å². The van der Waals surface area contributed by atoms with Gasteiger partial charge < -0.3 is 15.5 Å². The molecule has 2 aliphatic rings. The lowest BCUT2D eigenvalue weighted by Crippen LogP contribution is -2.47. The fourth-order valence-electron chi connectivity index (χ4n) is 3.18. The Hall–Kier alpha value is -2.04. The molecule has 0 spiro atoms. The van der Waals surface area contributed by atoms with E-state index in [4.69, 9.17) is 0 Å². The molecule has 118 valence electrons. The number of nitrogens with one attached hydrogen (secondary N) is 2. The summed E-state index contributed by atoms with van der Waals surface area (Å²) >= 11 is 0. The Labute approximate surface area is 131 Å². The van der Waals surface area contributed by atoms with Crippen LogP contribution in [0.4, 0.5) is 5.69 Å². The number of carbonyl (C=O) groups excluding carboxylic acids is 2. The van der Waals surface area contributed by atoms with Gasteiger partial charge in [-0.1, -0.05) is 11.6 Å². The molecule has 2 amide bonds. The van der Waals surface area contributed by atoms with Crippen LogP contribution in [0.3, 0.4) is 0 Å². The van der Waals surface area contributed by atoms with Gasteiger partial charge in [0.1, 0.15) is 0 Å². The molecule has 2 fully saturated rings. The van der Waals surface area contributed by atoms with Gasteiger partial charge in [-0.25, -0.2) is 0 Å². The minimum absolute atomic E-state index is 0.0251. The summed E-state index contributed by atoms with van der Waals surface area (Å²) in [5, 5.41) is 5.87. The van der Waals surface area contributed by atoms with Gasteiger partial charge in [0.15, 0.2) is 0 Å². The zero-order chi connectivity index (χ0) is 15.5. The highest BCUT2D eigenvalue weighted by Crippen LogP contribution is 2.26. The van der Waals surface area contributed by atoms with Crippen LogP contribution >= 0.6 is 0 Å². The van der Waals surface area contributed by atoms with Crippen LogP contribution in [0.15, 0.2) is 18.2 Å². The maximum atomic E-state index is 12.7. The van der Waals surface area contributed by atoms with Gasteiger partial charge in [0.2, 0.25) is 5.91 Å². The maximum absolute atomic E-state index is 12.7. The number of carbonyl (C=O) groups is 2. The highest BCUT2D eigenvalue weighted by atomic mass is 16.2. The number of rotatable bonds is 3. The number of hydrogen-bond acceptors (Lipinski definition) is 3. The van der Waals surface area contributed by atoms with Crippen LogP contribution in [0.25, 0.3) is 0 Å². The minimum atomic E-state index is -0.0354. The van der Waals surface area contributed by atoms with Gasteiger partial charge in [0, 0.05) is 37.8 Å². The molecule has 5 heteroatoms. The first-order valence-corrected chi connectivity index (χ1v) is 8.06. The van der Waals surface area contributed by atoms with E-state index in [9.17, 15) is 9.59 Å². The second-order valence-corrected chi connectivity index (χ2v) is 6.23. The largest absolute Gasteiger partial charge is 0.371 e. The lowest BCUT2D eigenvalue weighted by Gasteiger charge is -2.26. The second-order valence-electron chi connectivity index (χ2n) is 6.23. The van der Waals surface area contributed by atoms with Crippen LogP contribution in [0.5, 0.6) is 0 Å². The van der Waals surface area contributed by atoms with E-state index in [1.54, 1.807) is 0 Å². The van der Waals surface area contributed by atoms with Crippen molar-refractivity contribution in [1.29, 1.82) is 0 Å². The van der Waals surface area contributed by atoms with E-state index >= 15 is 0 Å². The molecule has 1 aromatic rings. The summed E-state index contributed by atoms with van der Waals surface area (Å²) in [6.07, 6.45) is 3.56. The number of amides is 2. The maximum Gasteiger partial charge on any atom is 0.253 e. The molecule has 1 atom stereocenters. The quantitative estimate of drug-likeness (QED) is 0.891. The van der Waals surface area contributed by atoms with E-state index < -0.39 is 0 Å². The van der Waals surface area contributed by atoms with Crippen molar-refractivity contribution in [2.75, 3.05) is 24.5 Å². The molecule has 5 nitrogen and oxygen atoms in total. The Kier molecular flexibility index (Phi) is 4.32. The number of benzene rings is 1. The summed E-state index contributed by atoms with van der Waals surface area (Å²) in [5.41, 5.74) is 2.87. The van der Waals surface area contributed by atoms with Crippen molar-refractivity contribution in [2.45, 2.75) is 38.6 Å². The second kappa shape index (κ2) is 6.38. The zero-order valence-electron chi connectivity index (χ0n) is 13.0. The molecule has 22 heavy (non-hydrogen) atoms. The SMILES string of the molecule is Cc1ccc(N2CCCC2)c(C(=O)NC2CCC(=O)NC2)c1. The van der Waals surface area contributed by atoms with Gasteiger partial charge >= 0.3 is 0 Å². The van der Waals surface area contributed by atoms with Crippen molar-refractivity contribution in [3.8, 4) is 0 Å². The molecule has 1 unspecified atom stereocenters. The Morgan fingerprint density at radius 2 is 2.09 bits per heavy atom. The third-order valence-electron chi connectivity index (χ3n) is 4.44. The highest BCUT2D eigenvalue weighted by Gasteiger charge is 2.23. The molecule has 0 radical (unpaired) electrons. The number of anilines is 1. The summed E-state index contributed by atoms with van der Waals surface area (Å²) in [5.74, 6) is 0.0329. The number of hydrogen-bond donors (Lipinski definition) is 2. The Bertz CT molecular complexity index is 569. The molecule has 2 saturated heterocycles. The number of aryl methyl sites for hydroxylation is 1. The van der Waals surface area contributed by atoms with Crippen molar-refractivity contribution in [3.05, 3.63) is 29.3 Å². The Morgan fingerprint density at radius 3 is 2.77 bits per heavy atom. The minimum Gasteiger partial charge on any atom is -0.371 e. The van der Waals surface area contributed by atoms with Crippen molar-refractivity contribution in [3.63, 3.8) is 0 Å². The normalized spacial score (nSPS) is 21.6. The molecule has 0 aliphatic carbocycles. The van der Waals surface area contributed by atoms with Gasteiger partial charge in [-0.3, -0.25) is 9.59 Å². The van der Waals surface area contributed by atoms with Crippen LogP contribution in [0.1, 0.15) is 41.6 Å². The Balaban J connectivity index is 1.76. The van der Waals surface area contributed by atoms with Crippen LogP contribution in [-0.2, 0) is 4.79 Å². The van der Waals surface area contributed by atoms with Gasteiger partial charge in [-0.05, 0) is 38.3 Å². The van der Waals surface area contributed by atoms with E-state index in [2.05, 4.69) is 27.7 Å². The monoisotopic (exact) mass is 301 g/mol. The van der Waals surface area contributed by atoms with E-state index in [-0.39, 0.29) is 17.9 Å². The molecule has 2 heterocycles. The summed E-state index contributed by atoms with van der Waals surface area (Å²) in [6, 6.07) is 6.10. The van der Waals surface area contributed by atoms with E-state index in [0.29, 0.717) is 19.4 Å². The standard InChI is InChI=1S/C17H23N3O2/c1-12-4-6-15(20-8-2-3-9-20)14(10-12)17(22)19-13-5-7-16(21)18-11-13/h4,6,10,13H,2-3,5,7-9,11H2,1H3,(H,18,21)(H,19,22). The molecular formula is C17H23N3O2. The first-order chi connectivity index (χ1) is 10.6. The average molecular weight is 301 g/mol. The molecule has 0 bridgehead atoms. The summed E-state index contributed by atoms with van der Waals surface area (Å²) < 4.78 is 0. The smallest absolute Gasteiger partial charge is 0.253 e. The molecular weight excluding hydrogens is 278 g/mol. The molecule has 2 N–H and O–H groups in total. The van der Waals surface area contributed by atoms with Gasteiger partial charge in [0.25, 0.3) is 5.91 Å². The predicted octanol–water partition coefficient (Wildman–Crippen LogP) is 1.60. The first-order valence-electron chi connectivity index (χ1n) is 8.06. The molecule has 0 saturated carbocycles. The molecule has 1 aromatic carbocycles. The van der Waals surface area contributed by atoms with Gasteiger partial charge in [-0.2, -0.15) is 0 Å². The lowest BCUT2D eigenvalue weighted by molar-refractivity contribution is -0.122. The van der Waals surface area contributed by atoms with Crippen molar-refractivity contribution < 1.29 is 9.59 Å². The van der Waals surface area contributed by atoms with E-state index in [0.717, 1.165) is 29.9 Å². The van der Waals surface area contributed by atoms with Gasteiger partial charge in [0.05, 0.1) is 5.56 Å². The summed E-state index contributed by atoms with van der Waals surface area (Å²) in [4.78, 5) is 26.2. The summed E-state index contributed by atoms with van der Waals surface area (Å²) in [7, 11) is 0. The first kappa shape index (κ1) is 14.9. The number of nitrogens with zero attached hydrogens (tertiary/aromatic N) is 1. The van der Waals surface area contributed by atoms with Crippen LogP contribution < -0.4 is 15.5 Å². The molecule has 2 aliphatic heterocycles. The third-order valence-corrected chi connectivity index (χ3v) is 4.44. The van der Waals surface area contributed by atoms with Crippen LogP contribution in [0, 0.1) is 6.92 Å². The summed E-state index contributed by atoms with van der Waals surface area (Å²) in [6.45, 7) is 4.56. The fourth-order valence-corrected chi connectivity index (χ4v) is 3.18. The van der Waals surface area contributed by atoms with E-state index in [1.165, 1.54) is 12.8 Å². The van der Waals surface area contributed by atoms with E-state index in [1.807, 2.05) is 13.0 Å². The predicted molar refractivity (Wildman–Crippen MR) is 86.1 cm³/mol. The highest BCUT2D eigenvalue weighted by molar-refractivity contribution is 6.00. The zero-order valence-corrected chi connectivity index (χ0v) is 13.0. The van der Waals surface area contributed by atoms with Crippen LogP contribution in [0.2, 0.25) is 0 Å². The number of piperidine rings is 1. The fraction of sp³-hybridized carbons (Fsp3) is 0.529. The lowest BCUT2D eigenvalue weighted by atomic mass is 10.0. The van der Waals surface area contributed by atoms with Crippen molar-refractivity contribution in [1.82, 2.24) is 10.6 Å². The molecule has 0 aromatic heterocycles. The average Bonchev–Trinajstić information content (AvgIpc) is 3.03. The third kappa shape index (κ3) is 3.24. The Morgan fingerprint density at radius 1 is 1.32 bits per heavy atom. The van der Waals surface area contributed by atoms with Crippen molar-refractivity contribution in [2.24, 2.45) is 0 Å². The molecule has 3 rings (SSSR count).